The van der Waals surface area contributed by atoms with Crippen LogP contribution in [0.2, 0.25) is 5.02 Å². The zero-order valence-electron chi connectivity index (χ0n) is 8.27. The molecule has 0 aliphatic carbocycles. The van der Waals surface area contributed by atoms with Crippen LogP contribution in [0.15, 0.2) is 41.0 Å². The van der Waals surface area contributed by atoms with Gasteiger partial charge in [-0.1, -0.05) is 29.8 Å². The Morgan fingerprint density at radius 1 is 1.27 bits per heavy atom. The molecule has 1 N–H and O–H groups in total. The minimum atomic E-state index is -0.798. The van der Waals surface area contributed by atoms with Crippen molar-refractivity contribution >= 4 is 11.6 Å². The van der Waals surface area contributed by atoms with Gasteiger partial charge in [-0.3, -0.25) is 0 Å². The van der Waals surface area contributed by atoms with Crippen molar-refractivity contribution in [2.45, 2.75) is 13.0 Å². The highest BCUT2D eigenvalue weighted by Crippen LogP contribution is 2.29. The van der Waals surface area contributed by atoms with Crippen molar-refractivity contribution in [2.24, 2.45) is 0 Å². The highest BCUT2D eigenvalue weighted by atomic mass is 35.5. The number of aliphatic hydroxyl groups is 1. The zero-order valence-corrected chi connectivity index (χ0v) is 9.03. The number of benzene rings is 1. The first-order valence-corrected chi connectivity index (χ1v) is 5.04. The summed E-state index contributed by atoms with van der Waals surface area (Å²) in [5.74, 6) is 0.545. The summed E-state index contributed by atoms with van der Waals surface area (Å²) in [6.07, 6.45) is 0.763. The largest absolute Gasteiger partial charge is 0.466 e. The first-order chi connectivity index (χ1) is 7.20. The molecule has 3 heteroatoms. The van der Waals surface area contributed by atoms with Gasteiger partial charge in [-0.25, -0.2) is 0 Å². The Morgan fingerprint density at radius 2 is 2.00 bits per heavy atom. The van der Waals surface area contributed by atoms with Crippen molar-refractivity contribution in [3.05, 3.63) is 58.5 Å². The Balaban J connectivity index is 2.41. The lowest BCUT2D eigenvalue weighted by molar-refractivity contribution is 0.188. The van der Waals surface area contributed by atoms with E-state index in [0.29, 0.717) is 16.3 Å². The van der Waals surface area contributed by atoms with E-state index in [1.165, 1.54) is 0 Å². The van der Waals surface area contributed by atoms with Crippen LogP contribution in [0.4, 0.5) is 0 Å². The summed E-state index contributed by atoms with van der Waals surface area (Å²) in [7, 11) is 0. The van der Waals surface area contributed by atoms with Gasteiger partial charge in [0.25, 0.3) is 0 Å². The van der Waals surface area contributed by atoms with Crippen LogP contribution >= 0.6 is 11.6 Å². The molecule has 78 valence electrons. The lowest BCUT2D eigenvalue weighted by atomic mass is 10.1. The molecule has 0 fully saturated rings. The molecular weight excluding hydrogens is 212 g/mol. The lowest BCUT2D eigenvalue weighted by Crippen LogP contribution is -2.00. The number of aryl methyl sites for hydroxylation is 1. The van der Waals surface area contributed by atoms with Gasteiger partial charge in [0.15, 0.2) is 0 Å². The van der Waals surface area contributed by atoms with Crippen LogP contribution in [0.1, 0.15) is 23.0 Å². The van der Waals surface area contributed by atoms with E-state index >= 15 is 0 Å². The monoisotopic (exact) mass is 222 g/mol. The Labute approximate surface area is 93.1 Å². The summed E-state index contributed by atoms with van der Waals surface area (Å²) in [6, 6.07) is 9.01. The zero-order chi connectivity index (χ0) is 10.8. The number of furan rings is 1. The quantitative estimate of drug-likeness (QED) is 0.846. The minimum absolute atomic E-state index is 0.542. The maximum atomic E-state index is 10.1. The third kappa shape index (κ3) is 1.91. The van der Waals surface area contributed by atoms with E-state index in [2.05, 4.69) is 0 Å². The number of rotatable bonds is 2. The van der Waals surface area contributed by atoms with Crippen molar-refractivity contribution in [3.8, 4) is 0 Å². The summed E-state index contributed by atoms with van der Waals surface area (Å²) in [4.78, 5) is 0. The molecule has 1 unspecified atom stereocenters. The van der Waals surface area contributed by atoms with Gasteiger partial charge in [0.05, 0.1) is 6.26 Å². The number of hydrogen-bond acceptors (Lipinski definition) is 2. The van der Waals surface area contributed by atoms with Gasteiger partial charge in [0, 0.05) is 10.6 Å². The fourth-order valence-electron chi connectivity index (χ4n) is 1.50. The van der Waals surface area contributed by atoms with Crippen LogP contribution in [0, 0.1) is 6.92 Å². The van der Waals surface area contributed by atoms with Crippen molar-refractivity contribution in [3.63, 3.8) is 0 Å². The average Bonchev–Trinajstić information content (AvgIpc) is 2.64. The maximum Gasteiger partial charge on any atom is 0.139 e. The normalized spacial score (nSPS) is 12.7. The van der Waals surface area contributed by atoms with Crippen molar-refractivity contribution in [1.29, 1.82) is 0 Å². The van der Waals surface area contributed by atoms with Crippen LogP contribution in [-0.4, -0.2) is 5.11 Å². The molecular formula is C12H11ClO2. The van der Waals surface area contributed by atoms with E-state index in [1.54, 1.807) is 18.4 Å². The summed E-state index contributed by atoms with van der Waals surface area (Å²) < 4.78 is 5.23. The molecule has 0 bridgehead atoms. The fourth-order valence-corrected chi connectivity index (χ4v) is 1.74. The van der Waals surface area contributed by atoms with Gasteiger partial charge in [0.2, 0.25) is 0 Å². The smallest absolute Gasteiger partial charge is 0.139 e. The summed E-state index contributed by atoms with van der Waals surface area (Å²) in [5, 5.41) is 10.6. The second-order valence-corrected chi connectivity index (χ2v) is 3.80. The molecule has 1 aromatic heterocycles. The number of halogens is 1. The first-order valence-electron chi connectivity index (χ1n) is 4.66. The van der Waals surface area contributed by atoms with Crippen molar-refractivity contribution in [2.75, 3.05) is 0 Å². The third-order valence-corrected chi connectivity index (χ3v) is 2.69. The SMILES string of the molecule is Cc1ccoc1C(O)c1ccccc1Cl. The summed E-state index contributed by atoms with van der Waals surface area (Å²) >= 11 is 5.99. The van der Waals surface area contributed by atoms with Gasteiger partial charge in [0.1, 0.15) is 11.9 Å². The van der Waals surface area contributed by atoms with E-state index in [1.807, 2.05) is 25.1 Å². The Hall–Kier alpha value is -1.25. The maximum absolute atomic E-state index is 10.1. The van der Waals surface area contributed by atoms with Crippen LogP contribution in [0.3, 0.4) is 0 Å². The molecule has 2 nitrogen and oxygen atoms in total. The van der Waals surface area contributed by atoms with Gasteiger partial charge in [-0.2, -0.15) is 0 Å². The molecule has 1 aromatic carbocycles. The third-order valence-electron chi connectivity index (χ3n) is 2.35. The molecule has 1 atom stereocenters. The summed E-state index contributed by atoms with van der Waals surface area (Å²) in [5.41, 5.74) is 1.58. The molecule has 0 saturated carbocycles. The lowest BCUT2D eigenvalue weighted by Gasteiger charge is -2.10. The van der Waals surface area contributed by atoms with Gasteiger partial charge < -0.3 is 9.52 Å². The van der Waals surface area contributed by atoms with Gasteiger partial charge in [-0.05, 0) is 24.6 Å². The van der Waals surface area contributed by atoms with E-state index < -0.39 is 6.10 Å². The molecule has 0 saturated heterocycles. The van der Waals surface area contributed by atoms with E-state index in [-0.39, 0.29) is 0 Å². The van der Waals surface area contributed by atoms with Crippen LogP contribution in [0.5, 0.6) is 0 Å². The second kappa shape index (κ2) is 4.09. The van der Waals surface area contributed by atoms with Gasteiger partial charge in [-0.15, -0.1) is 0 Å². The predicted molar refractivity (Wildman–Crippen MR) is 59.0 cm³/mol. The molecule has 0 spiro atoms. The van der Waals surface area contributed by atoms with E-state index in [0.717, 1.165) is 5.56 Å². The highest BCUT2D eigenvalue weighted by Gasteiger charge is 2.18. The molecule has 1 heterocycles. The minimum Gasteiger partial charge on any atom is -0.466 e. The highest BCUT2D eigenvalue weighted by molar-refractivity contribution is 6.31. The molecule has 2 aromatic rings. The van der Waals surface area contributed by atoms with Gasteiger partial charge >= 0.3 is 0 Å². The molecule has 0 aliphatic rings. The van der Waals surface area contributed by atoms with Crippen LogP contribution < -0.4 is 0 Å². The number of hydrogen-bond donors (Lipinski definition) is 1. The van der Waals surface area contributed by atoms with E-state index in [9.17, 15) is 5.11 Å². The Kier molecular flexibility index (Phi) is 2.80. The molecule has 15 heavy (non-hydrogen) atoms. The molecule has 0 aliphatic heterocycles. The molecule has 0 radical (unpaired) electrons. The second-order valence-electron chi connectivity index (χ2n) is 3.39. The molecule has 2 rings (SSSR count). The topological polar surface area (TPSA) is 33.4 Å². The average molecular weight is 223 g/mol. The fraction of sp³-hybridized carbons (Fsp3) is 0.167. The van der Waals surface area contributed by atoms with Crippen molar-refractivity contribution in [1.82, 2.24) is 0 Å². The van der Waals surface area contributed by atoms with E-state index in [4.69, 9.17) is 16.0 Å². The Morgan fingerprint density at radius 3 is 2.60 bits per heavy atom. The van der Waals surface area contributed by atoms with Crippen LogP contribution in [0.25, 0.3) is 0 Å². The standard InChI is InChI=1S/C12H11ClO2/c1-8-6-7-15-12(8)11(14)9-4-2-3-5-10(9)13/h2-7,11,14H,1H3. The molecule has 0 amide bonds. The predicted octanol–water partition coefficient (Wildman–Crippen LogP) is 3.32. The Bertz CT molecular complexity index is 462. The summed E-state index contributed by atoms with van der Waals surface area (Å²) in [6.45, 7) is 1.89. The van der Waals surface area contributed by atoms with Crippen molar-refractivity contribution < 1.29 is 9.52 Å². The van der Waals surface area contributed by atoms with Crippen LogP contribution in [-0.2, 0) is 0 Å². The number of aliphatic hydroxyl groups excluding tert-OH is 1. The first kappa shape index (κ1) is 10.3.